The van der Waals surface area contributed by atoms with Crippen molar-refractivity contribution in [2.45, 2.75) is 12.1 Å². The molecule has 0 aliphatic heterocycles. The smallest absolute Gasteiger partial charge is 0.192 e. The summed E-state index contributed by atoms with van der Waals surface area (Å²) in [7, 11) is 1.60. The molecule has 84 valence electrons. The van der Waals surface area contributed by atoms with Gasteiger partial charge in [0.15, 0.2) is 5.16 Å². The second-order valence-corrected chi connectivity index (χ2v) is 4.01. The summed E-state index contributed by atoms with van der Waals surface area (Å²) in [4.78, 5) is 0. The van der Waals surface area contributed by atoms with E-state index in [0.29, 0.717) is 10.2 Å². The van der Waals surface area contributed by atoms with Crippen LogP contribution < -0.4 is 4.74 Å². The monoisotopic (exact) mass is 255 g/mol. The molecule has 0 atom stereocenters. The largest absolute Gasteiger partial charge is 0.497 e. The van der Waals surface area contributed by atoms with Crippen molar-refractivity contribution in [1.29, 1.82) is 0 Å². The molecule has 0 radical (unpaired) electrons. The lowest BCUT2D eigenvalue weighted by Crippen LogP contribution is -1.99. The summed E-state index contributed by atoms with van der Waals surface area (Å²) in [6.07, 6.45) is 0. The molecular weight excluding hydrogens is 246 g/mol. The first-order valence-corrected chi connectivity index (χ1v) is 5.41. The van der Waals surface area contributed by atoms with Gasteiger partial charge in [-0.05, 0) is 19.1 Å². The standard InChI is InChI=1S/C10H10ClN3OS/c1-6-12-13-10(16)14(6)9-5-7(15-2)3-4-8(9)11/h3-5H,1-2H3,(H,13,16). The molecule has 0 aliphatic carbocycles. The molecule has 2 aromatic rings. The fourth-order valence-electron chi connectivity index (χ4n) is 1.42. The van der Waals surface area contributed by atoms with Crippen LogP contribution in [0.15, 0.2) is 23.4 Å². The summed E-state index contributed by atoms with van der Waals surface area (Å²) in [6, 6.07) is 5.38. The Morgan fingerprint density at radius 2 is 2.12 bits per heavy atom. The molecule has 6 heteroatoms. The molecule has 0 saturated carbocycles. The van der Waals surface area contributed by atoms with Crippen LogP contribution in [0.25, 0.3) is 5.69 Å². The number of nitrogens with zero attached hydrogens (tertiary/aromatic N) is 3. The van der Waals surface area contributed by atoms with E-state index in [0.717, 1.165) is 17.3 Å². The van der Waals surface area contributed by atoms with Crippen molar-refractivity contribution in [2.24, 2.45) is 0 Å². The normalized spacial score (nSPS) is 10.5. The number of ether oxygens (including phenoxy) is 1. The van der Waals surface area contributed by atoms with Crippen LogP contribution in [0.3, 0.4) is 0 Å². The highest BCUT2D eigenvalue weighted by Gasteiger charge is 2.11. The third kappa shape index (κ3) is 1.88. The lowest BCUT2D eigenvalue weighted by Gasteiger charge is -2.09. The van der Waals surface area contributed by atoms with Crippen molar-refractivity contribution in [3.8, 4) is 11.4 Å². The third-order valence-electron chi connectivity index (χ3n) is 2.20. The van der Waals surface area contributed by atoms with E-state index in [1.54, 1.807) is 23.8 Å². The predicted octanol–water partition coefficient (Wildman–Crippen LogP) is 2.53. The van der Waals surface area contributed by atoms with Crippen LogP contribution in [0.4, 0.5) is 0 Å². The van der Waals surface area contributed by atoms with Gasteiger partial charge in [-0.25, -0.2) is 0 Å². The van der Waals surface area contributed by atoms with E-state index in [2.05, 4.69) is 22.8 Å². The molecule has 16 heavy (non-hydrogen) atoms. The Kier molecular flexibility index (Phi) is 3.07. The van der Waals surface area contributed by atoms with Crippen LogP contribution in [-0.2, 0) is 0 Å². The molecule has 1 heterocycles. The average Bonchev–Trinajstić information content (AvgIpc) is 2.60. The van der Waals surface area contributed by atoms with Crippen molar-refractivity contribution in [1.82, 2.24) is 14.8 Å². The van der Waals surface area contributed by atoms with Gasteiger partial charge in [-0.3, -0.25) is 4.57 Å². The molecule has 0 amide bonds. The third-order valence-corrected chi connectivity index (χ3v) is 2.81. The molecule has 1 aromatic carbocycles. The predicted molar refractivity (Wildman–Crippen MR) is 64.9 cm³/mol. The first kappa shape index (κ1) is 11.3. The van der Waals surface area contributed by atoms with Gasteiger partial charge >= 0.3 is 0 Å². The highest BCUT2D eigenvalue weighted by molar-refractivity contribution is 7.80. The highest BCUT2D eigenvalue weighted by atomic mass is 35.5. The Hall–Kier alpha value is -1.20. The lowest BCUT2D eigenvalue weighted by molar-refractivity contribution is 0.414. The fraction of sp³-hybridized carbons (Fsp3) is 0.200. The number of hydrogen-bond acceptors (Lipinski definition) is 4. The van der Waals surface area contributed by atoms with E-state index in [1.165, 1.54) is 0 Å². The van der Waals surface area contributed by atoms with Crippen LogP contribution in [-0.4, -0.2) is 21.9 Å². The summed E-state index contributed by atoms with van der Waals surface area (Å²) < 4.78 is 6.91. The lowest BCUT2D eigenvalue weighted by atomic mass is 10.3. The van der Waals surface area contributed by atoms with Crippen LogP contribution in [0.5, 0.6) is 5.75 Å². The molecule has 1 aromatic heterocycles. The van der Waals surface area contributed by atoms with Gasteiger partial charge in [-0.15, -0.1) is 22.8 Å². The van der Waals surface area contributed by atoms with Gasteiger partial charge in [0, 0.05) is 6.07 Å². The minimum Gasteiger partial charge on any atom is -0.497 e. The maximum Gasteiger partial charge on any atom is 0.192 e. The zero-order valence-electron chi connectivity index (χ0n) is 8.81. The van der Waals surface area contributed by atoms with E-state index in [4.69, 9.17) is 16.3 Å². The maximum absolute atomic E-state index is 6.12. The highest BCUT2D eigenvalue weighted by Crippen LogP contribution is 2.27. The van der Waals surface area contributed by atoms with Crippen LogP contribution in [0.2, 0.25) is 5.02 Å². The van der Waals surface area contributed by atoms with E-state index in [-0.39, 0.29) is 0 Å². The van der Waals surface area contributed by atoms with Crippen LogP contribution in [0, 0.1) is 6.92 Å². The number of aromatic nitrogens is 3. The van der Waals surface area contributed by atoms with Gasteiger partial charge in [0.05, 0.1) is 17.8 Å². The second-order valence-electron chi connectivity index (χ2n) is 3.20. The van der Waals surface area contributed by atoms with Gasteiger partial charge in [-0.1, -0.05) is 11.6 Å². The quantitative estimate of drug-likeness (QED) is 0.839. The molecule has 0 aliphatic rings. The van der Waals surface area contributed by atoms with Crippen molar-refractivity contribution >= 4 is 24.2 Å². The first-order chi connectivity index (χ1) is 7.63. The molecule has 0 spiro atoms. The van der Waals surface area contributed by atoms with Crippen LogP contribution in [0.1, 0.15) is 5.82 Å². The van der Waals surface area contributed by atoms with Gasteiger partial charge in [0.25, 0.3) is 0 Å². The average molecular weight is 256 g/mol. The summed E-state index contributed by atoms with van der Waals surface area (Å²) in [5.41, 5.74) is 0.758. The SMILES string of the molecule is COc1ccc(Cl)c(-n2c(C)nnc2S)c1. The molecule has 0 fully saturated rings. The topological polar surface area (TPSA) is 39.9 Å². The zero-order chi connectivity index (χ0) is 11.7. The number of aryl methyl sites for hydroxylation is 1. The Morgan fingerprint density at radius 3 is 2.69 bits per heavy atom. The molecule has 0 N–H and O–H groups in total. The minimum absolute atomic E-state index is 0.493. The summed E-state index contributed by atoms with van der Waals surface area (Å²) in [6.45, 7) is 1.84. The Labute approximate surface area is 104 Å². The van der Waals surface area contributed by atoms with E-state index < -0.39 is 0 Å². The number of hydrogen-bond donors (Lipinski definition) is 1. The van der Waals surface area contributed by atoms with Crippen molar-refractivity contribution in [3.05, 3.63) is 29.0 Å². The molecular formula is C10H10ClN3OS. The summed E-state index contributed by atoms with van der Waals surface area (Å²) >= 11 is 10.4. The van der Waals surface area contributed by atoms with Gasteiger partial charge in [-0.2, -0.15) is 0 Å². The summed E-state index contributed by atoms with van der Waals surface area (Å²) in [5, 5.41) is 8.88. The van der Waals surface area contributed by atoms with Crippen molar-refractivity contribution < 1.29 is 4.74 Å². The second kappa shape index (κ2) is 4.35. The van der Waals surface area contributed by atoms with Gasteiger partial charge < -0.3 is 4.74 Å². The van der Waals surface area contributed by atoms with Crippen molar-refractivity contribution in [3.63, 3.8) is 0 Å². The number of thiol groups is 1. The number of rotatable bonds is 2. The Bertz CT molecular complexity index is 507. The molecule has 0 saturated heterocycles. The number of methoxy groups -OCH3 is 1. The van der Waals surface area contributed by atoms with Crippen LogP contribution >= 0.6 is 24.2 Å². The maximum atomic E-state index is 6.12. The number of halogens is 1. The molecule has 2 rings (SSSR count). The minimum atomic E-state index is 0.493. The molecule has 0 unspecified atom stereocenters. The summed E-state index contributed by atoms with van der Waals surface area (Å²) in [5.74, 6) is 1.44. The van der Waals surface area contributed by atoms with Gasteiger partial charge in [0.1, 0.15) is 11.6 Å². The zero-order valence-corrected chi connectivity index (χ0v) is 10.5. The van der Waals surface area contributed by atoms with Gasteiger partial charge in [0.2, 0.25) is 0 Å². The molecule has 4 nitrogen and oxygen atoms in total. The Morgan fingerprint density at radius 1 is 1.38 bits per heavy atom. The molecule has 0 bridgehead atoms. The van der Waals surface area contributed by atoms with E-state index in [1.807, 2.05) is 13.0 Å². The first-order valence-electron chi connectivity index (χ1n) is 4.58. The Balaban J connectivity index is 2.63. The fourth-order valence-corrected chi connectivity index (χ4v) is 1.92. The number of benzene rings is 1. The van der Waals surface area contributed by atoms with E-state index >= 15 is 0 Å². The van der Waals surface area contributed by atoms with E-state index in [9.17, 15) is 0 Å². The van der Waals surface area contributed by atoms with Crippen molar-refractivity contribution in [2.75, 3.05) is 7.11 Å².